The molecule has 4 heteroatoms. The molecule has 0 unspecified atom stereocenters. The van der Waals surface area contributed by atoms with Gasteiger partial charge in [-0.15, -0.1) is 0 Å². The summed E-state index contributed by atoms with van der Waals surface area (Å²) in [6.45, 7) is 2.56. The van der Waals surface area contributed by atoms with Gasteiger partial charge in [-0.3, -0.25) is 4.79 Å². The second-order valence-corrected chi connectivity index (χ2v) is 6.98. The molecule has 0 saturated heterocycles. The maximum atomic E-state index is 12.6. The van der Waals surface area contributed by atoms with Crippen molar-refractivity contribution in [3.05, 3.63) is 103 Å². The van der Waals surface area contributed by atoms with Crippen LogP contribution in [0.5, 0.6) is 0 Å². The SMILES string of the molecule is Cc1ccc(CCn2c(/C=C/c3ccccc3)c(Cl)cc(Cl)c2=O)cc1. The summed E-state index contributed by atoms with van der Waals surface area (Å²) in [6.07, 6.45) is 4.53. The van der Waals surface area contributed by atoms with Gasteiger partial charge in [-0.05, 0) is 36.6 Å². The first kappa shape index (κ1) is 18.5. The summed E-state index contributed by atoms with van der Waals surface area (Å²) in [5.41, 5.74) is 3.85. The minimum absolute atomic E-state index is 0.135. The van der Waals surface area contributed by atoms with Crippen molar-refractivity contribution in [1.82, 2.24) is 4.57 Å². The minimum Gasteiger partial charge on any atom is -0.306 e. The van der Waals surface area contributed by atoms with Gasteiger partial charge in [-0.1, -0.05) is 89.4 Å². The summed E-state index contributed by atoms with van der Waals surface area (Å²) in [5, 5.41) is 0.599. The molecule has 0 saturated carbocycles. The topological polar surface area (TPSA) is 22.0 Å². The van der Waals surface area contributed by atoms with Gasteiger partial charge >= 0.3 is 0 Å². The van der Waals surface area contributed by atoms with Crippen LogP contribution in [0.3, 0.4) is 0 Å². The summed E-state index contributed by atoms with van der Waals surface area (Å²) in [4.78, 5) is 12.6. The Kier molecular flexibility index (Phi) is 5.97. The zero-order valence-electron chi connectivity index (χ0n) is 14.5. The van der Waals surface area contributed by atoms with E-state index in [-0.39, 0.29) is 10.6 Å². The Balaban J connectivity index is 1.93. The van der Waals surface area contributed by atoms with Crippen molar-refractivity contribution in [2.75, 3.05) is 0 Å². The van der Waals surface area contributed by atoms with Gasteiger partial charge in [0, 0.05) is 6.54 Å². The van der Waals surface area contributed by atoms with Crippen LogP contribution < -0.4 is 5.56 Å². The average Bonchev–Trinajstić information content (AvgIpc) is 2.65. The monoisotopic (exact) mass is 383 g/mol. The quantitative estimate of drug-likeness (QED) is 0.539. The molecule has 1 aromatic heterocycles. The van der Waals surface area contributed by atoms with Gasteiger partial charge in [0.2, 0.25) is 0 Å². The highest BCUT2D eigenvalue weighted by molar-refractivity contribution is 6.35. The van der Waals surface area contributed by atoms with Crippen molar-refractivity contribution in [2.45, 2.75) is 19.9 Å². The Morgan fingerprint density at radius 1 is 0.923 bits per heavy atom. The van der Waals surface area contributed by atoms with Gasteiger partial charge < -0.3 is 4.57 Å². The van der Waals surface area contributed by atoms with Gasteiger partial charge in [-0.25, -0.2) is 0 Å². The van der Waals surface area contributed by atoms with Crippen LogP contribution in [-0.2, 0) is 13.0 Å². The molecule has 0 radical (unpaired) electrons. The molecule has 2 aromatic carbocycles. The lowest BCUT2D eigenvalue weighted by Crippen LogP contribution is -2.24. The molecule has 0 aliphatic heterocycles. The molecule has 0 spiro atoms. The lowest BCUT2D eigenvalue weighted by atomic mass is 10.1. The van der Waals surface area contributed by atoms with Crippen LogP contribution in [0.15, 0.2) is 65.5 Å². The molecule has 0 atom stereocenters. The summed E-state index contributed by atoms with van der Waals surface area (Å²) in [5.74, 6) is 0. The third-order valence-electron chi connectivity index (χ3n) is 4.22. The number of pyridine rings is 1. The fourth-order valence-electron chi connectivity index (χ4n) is 2.74. The molecule has 3 rings (SSSR count). The molecule has 3 aromatic rings. The number of nitrogens with zero attached hydrogens (tertiary/aromatic N) is 1. The molecule has 0 amide bonds. The van der Waals surface area contributed by atoms with E-state index in [0.717, 1.165) is 17.5 Å². The van der Waals surface area contributed by atoms with Gasteiger partial charge in [0.05, 0.1) is 10.7 Å². The maximum Gasteiger partial charge on any atom is 0.269 e. The van der Waals surface area contributed by atoms with E-state index >= 15 is 0 Å². The van der Waals surface area contributed by atoms with Crippen molar-refractivity contribution in [2.24, 2.45) is 0 Å². The van der Waals surface area contributed by atoms with Crippen molar-refractivity contribution in [3.63, 3.8) is 0 Å². The van der Waals surface area contributed by atoms with Crippen LogP contribution in [0.1, 0.15) is 22.4 Å². The second kappa shape index (κ2) is 8.39. The molecule has 0 aliphatic carbocycles. The van der Waals surface area contributed by atoms with Crippen LogP contribution >= 0.6 is 23.2 Å². The molecule has 1 heterocycles. The van der Waals surface area contributed by atoms with E-state index in [2.05, 4.69) is 31.2 Å². The number of rotatable bonds is 5. The van der Waals surface area contributed by atoms with E-state index in [4.69, 9.17) is 23.2 Å². The Labute approximate surface area is 163 Å². The third kappa shape index (κ3) is 4.46. The van der Waals surface area contributed by atoms with E-state index in [9.17, 15) is 4.79 Å². The maximum absolute atomic E-state index is 12.6. The Morgan fingerprint density at radius 2 is 1.62 bits per heavy atom. The number of hydrogen-bond donors (Lipinski definition) is 0. The molecule has 132 valence electrons. The van der Waals surface area contributed by atoms with Gasteiger partial charge in [0.15, 0.2) is 0 Å². The Morgan fingerprint density at radius 3 is 2.31 bits per heavy atom. The van der Waals surface area contributed by atoms with Crippen LogP contribution in [0.25, 0.3) is 12.2 Å². The predicted octanol–water partition coefficient (Wildman–Crippen LogP) is 5.88. The first-order valence-corrected chi connectivity index (χ1v) is 9.18. The highest BCUT2D eigenvalue weighted by atomic mass is 35.5. The largest absolute Gasteiger partial charge is 0.306 e. The van der Waals surface area contributed by atoms with Crippen molar-refractivity contribution < 1.29 is 0 Å². The van der Waals surface area contributed by atoms with Crippen molar-refractivity contribution in [3.8, 4) is 0 Å². The van der Waals surface area contributed by atoms with Crippen molar-refractivity contribution in [1.29, 1.82) is 0 Å². The van der Waals surface area contributed by atoms with Gasteiger partial charge in [0.25, 0.3) is 5.56 Å². The van der Waals surface area contributed by atoms with E-state index < -0.39 is 0 Å². The number of halogens is 2. The summed E-state index contributed by atoms with van der Waals surface area (Å²) in [7, 11) is 0. The van der Waals surface area contributed by atoms with E-state index in [1.165, 1.54) is 11.6 Å². The Bertz CT molecular complexity index is 974. The van der Waals surface area contributed by atoms with Crippen LogP contribution in [0.2, 0.25) is 10.0 Å². The number of benzene rings is 2. The number of hydrogen-bond acceptors (Lipinski definition) is 1. The molecule has 0 aliphatic rings. The van der Waals surface area contributed by atoms with Crippen LogP contribution in [0, 0.1) is 6.92 Å². The summed E-state index contributed by atoms with van der Waals surface area (Å²) >= 11 is 12.4. The first-order chi connectivity index (χ1) is 12.5. The molecular formula is C22H19Cl2NO. The Hall–Kier alpha value is -2.29. The first-order valence-electron chi connectivity index (χ1n) is 8.42. The highest BCUT2D eigenvalue weighted by Crippen LogP contribution is 2.21. The number of aryl methyl sites for hydroxylation is 2. The van der Waals surface area contributed by atoms with Crippen LogP contribution in [-0.4, -0.2) is 4.57 Å². The van der Waals surface area contributed by atoms with E-state index in [0.29, 0.717) is 17.3 Å². The predicted molar refractivity (Wildman–Crippen MR) is 111 cm³/mol. The molecular weight excluding hydrogens is 365 g/mol. The van der Waals surface area contributed by atoms with Crippen LogP contribution in [0.4, 0.5) is 0 Å². The third-order valence-corrected chi connectivity index (χ3v) is 4.79. The zero-order chi connectivity index (χ0) is 18.5. The second-order valence-electron chi connectivity index (χ2n) is 6.16. The normalized spacial score (nSPS) is 11.2. The summed E-state index contributed by atoms with van der Waals surface area (Å²) < 4.78 is 1.64. The molecule has 0 bridgehead atoms. The van der Waals surface area contributed by atoms with Gasteiger partial charge in [0.1, 0.15) is 5.02 Å². The fraction of sp³-hybridized carbons (Fsp3) is 0.136. The minimum atomic E-state index is -0.226. The average molecular weight is 384 g/mol. The molecule has 0 fully saturated rings. The van der Waals surface area contributed by atoms with E-state index in [1.807, 2.05) is 42.5 Å². The lowest BCUT2D eigenvalue weighted by Gasteiger charge is -2.13. The molecule has 0 N–H and O–H groups in total. The lowest BCUT2D eigenvalue weighted by molar-refractivity contribution is 0.664. The zero-order valence-corrected chi connectivity index (χ0v) is 16.0. The molecule has 2 nitrogen and oxygen atoms in total. The smallest absolute Gasteiger partial charge is 0.269 e. The van der Waals surface area contributed by atoms with Gasteiger partial charge in [-0.2, -0.15) is 0 Å². The standard InChI is InChI=1S/C22H19Cl2NO/c1-16-7-9-18(10-8-16)13-14-25-21(19(23)15-20(24)22(25)26)12-11-17-5-3-2-4-6-17/h2-12,15H,13-14H2,1H3/b12-11+. The number of aromatic nitrogens is 1. The summed E-state index contributed by atoms with van der Waals surface area (Å²) in [6, 6.07) is 19.7. The van der Waals surface area contributed by atoms with Crippen molar-refractivity contribution >= 4 is 35.4 Å². The fourth-order valence-corrected chi connectivity index (χ4v) is 3.28. The molecule has 26 heavy (non-hydrogen) atoms. The van der Waals surface area contributed by atoms with E-state index in [1.54, 1.807) is 4.57 Å². The highest BCUT2D eigenvalue weighted by Gasteiger charge is 2.11.